The summed E-state index contributed by atoms with van der Waals surface area (Å²) in [6, 6.07) is 6.05. The van der Waals surface area contributed by atoms with Crippen molar-refractivity contribution < 1.29 is 9.18 Å². The second-order valence-corrected chi connectivity index (χ2v) is 7.08. The van der Waals surface area contributed by atoms with Crippen LogP contribution in [0.15, 0.2) is 24.3 Å². The number of carbonyl (C=O) groups is 1. The number of amides is 1. The van der Waals surface area contributed by atoms with Crippen molar-refractivity contribution in [1.82, 2.24) is 5.32 Å². The molecule has 0 spiro atoms. The van der Waals surface area contributed by atoms with Crippen molar-refractivity contribution in [2.75, 3.05) is 0 Å². The molecule has 0 aliphatic heterocycles. The van der Waals surface area contributed by atoms with Gasteiger partial charge in [0.05, 0.1) is 6.04 Å². The van der Waals surface area contributed by atoms with Crippen molar-refractivity contribution in [2.24, 2.45) is 11.1 Å². The van der Waals surface area contributed by atoms with Crippen molar-refractivity contribution in [3.63, 3.8) is 0 Å². The molecule has 0 aliphatic rings. The number of carbonyl (C=O) groups excluding carboxylic acids is 1. The van der Waals surface area contributed by atoms with Crippen LogP contribution in [-0.2, 0) is 4.79 Å². The fourth-order valence-electron chi connectivity index (χ4n) is 2.08. The third-order valence-corrected chi connectivity index (χ3v) is 2.99. The van der Waals surface area contributed by atoms with E-state index in [1.807, 2.05) is 34.6 Å². The van der Waals surface area contributed by atoms with Crippen LogP contribution in [0.1, 0.15) is 52.6 Å². The zero-order valence-corrected chi connectivity index (χ0v) is 13.0. The maximum absolute atomic E-state index is 13.0. The zero-order chi connectivity index (χ0) is 15.6. The summed E-state index contributed by atoms with van der Waals surface area (Å²) in [7, 11) is 0. The first-order valence-electron chi connectivity index (χ1n) is 6.83. The van der Waals surface area contributed by atoms with E-state index in [4.69, 9.17) is 5.73 Å². The van der Waals surface area contributed by atoms with Gasteiger partial charge in [0.25, 0.3) is 0 Å². The van der Waals surface area contributed by atoms with Crippen LogP contribution < -0.4 is 11.1 Å². The number of nitrogens with one attached hydrogen (secondary N) is 1. The topological polar surface area (TPSA) is 55.1 Å². The molecular formula is C16H25FN2O. The Hall–Kier alpha value is -1.42. The summed E-state index contributed by atoms with van der Waals surface area (Å²) in [4.78, 5) is 12.1. The lowest BCUT2D eigenvalue weighted by atomic mass is 9.82. The molecule has 3 N–H and O–H groups in total. The molecule has 1 aromatic carbocycles. The molecule has 1 amide bonds. The van der Waals surface area contributed by atoms with Crippen molar-refractivity contribution in [3.05, 3.63) is 35.6 Å². The molecule has 0 radical (unpaired) electrons. The van der Waals surface area contributed by atoms with Crippen LogP contribution in [0.25, 0.3) is 0 Å². The van der Waals surface area contributed by atoms with Gasteiger partial charge in [-0.1, -0.05) is 32.9 Å². The van der Waals surface area contributed by atoms with Gasteiger partial charge in [0.2, 0.25) is 5.91 Å². The first kappa shape index (κ1) is 16.6. The van der Waals surface area contributed by atoms with E-state index in [9.17, 15) is 9.18 Å². The number of halogens is 1. The summed E-state index contributed by atoms with van der Waals surface area (Å²) < 4.78 is 13.0. The minimum absolute atomic E-state index is 0.0956. The Morgan fingerprint density at radius 1 is 1.20 bits per heavy atom. The SMILES string of the molecule is CC(C)(N)CC(=O)NC(c1ccc(F)cc1)C(C)(C)C. The van der Waals surface area contributed by atoms with Crippen LogP contribution in [0.3, 0.4) is 0 Å². The van der Waals surface area contributed by atoms with Crippen LogP contribution >= 0.6 is 0 Å². The van der Waals surface area contributed by atoms with E-state index < -0.39 is 5.54 Å². The highest BCUT2D eigenvalue weighted by Gasteiger charge is 2.29. The molecule has 0 saturated heterocycles. The Bertz CT molecular complexity index is 455. The molecule has 20 heavy (non-hydrogen) atoms. The van der Waals surface area contributed by atoms with E-state index in [0.717, 1.165) is 5.56 Å². The van der Waals surface area contributed by atoms with Gasteiger partial charge in [-0.15, -0.1) is 0 Å². The Morgan fingerprint density at radius 2 is 1.70 bits per heavy atom. The average molecular weight is 280 g/mol. The Kier molecular flexibility index (Phi) is 4.92. The number of nitrogens with two attached hydrogens (primary N) is 1. The van der Waals surface area contributed by atoms with Crippen LogP contribution in [-0.4, -0.2) is 11.4 Å². The summed E-state index contributed by atoms with van der Waals surface area (Å²) in [5, 5.41) is 3.01. The Labute approximate surface area is 120 Å². The molecule has 0 aliphatic carbocycles. The van der Waals surface area contributed by atoms with E-state index >= 15 is 0 Å². The van der Waals surface area contributed by atoms with Crippen LogP contribution in [0, 0.1) is 11.2 Å². The van der Waals surface area contributed by atoms with Crippen molar-refractivity contribution in [3.8, 4) is 0 Å². The predicted molar refractivity (Wildman–Crippen MR) is 79.6 cm³/mol. The number of benzene rings is 1. The molecule has 1 rings (SSSR count). The van der Waals surface area contributed by atoms with Crippen LogP contribution in [0.5, 0.6) is 0 Å². The van der Waals surface area contributed by atoms with Gasteiger partial charge < -0.3 is 11.1 Å². The van der Waals surface area contributed by atoms with Crippen LogP contribution in [0.2, 0.25) is 0 Å². The Morgan fingerprint density at radius 3 is 2.10 bits per heavy atom. The van der Waals surface area contributed by atoms with Gasteiger partial charge in [-0.2, -0.15) is 0 Å². The zero-order valence-electron chi connectivity index (χ0n) is 13.0. The predicted octanol–water partition coefficient (Wildman–Crippen LogP) is 3.16. The molecule has 1 aromatic rings. The number of rotatable bonds is 4. The van der Waals surface area contributed by atoms with Gasteiger partial charge in [-0.25, -0.2) is 4.39 Å². The van der Waals surface area contributed by atoms with E-state index in [1.165, 1.54) is 12.1 Å². The largest absolute Gasteiger partial charge is 0.349 e. The van der Waals surface area contributed by atoms with Gasteiger partial charge in [-0.05, 0) is 37.0 Å². The highest BCUT2D eigenvalue weighted by atomic mass is 19.1. The van der Waals surface area contributed by atoms with Crippen molar-refractivity contribution in [2.45, 2.75) is 52.6 Å². The lowest BCUT2D eigenvalue weighted by Crippen LogP contribution is -2.42. The van der Waals surface area contributed by atoms with Crippen molar-refractivity contribution in [1.29, 1.82) is 0 Å². The van der Waals surface area contributed by atoms with Gasteiger partial charge in [0, 0.05) is 12.0 Å². The second-order valence-electron chi connectivity index (χ2n) is 7.08. The third-order valence-electron chi connectivity index (χ3n) is 2.99. The maximum Gasteiger partial charge on any atom is 0.222 e. The monoisotopic (exact) mass is 280 g/mol. The maximum atomic E-state index is 13.0. The lowest BCUT2D eigenvalue weighted by Gasteiger charge is -2.33. The molecule has 0 heterocycles. The molecule has 1 unspecified atom stereocenters. The van der Waals surface area contributed by atoms with Gasteiger partial charge in [0.1, 0.15) is 5.82 Å². The van der Waals surface area contributed by atoms with E-state index in [2.05, 4.69) is 5.32 Å². The molecule has 0 aromatic heterocycles. The van der Waals surface area contributed by atoms with Crippen LogP contribution in [0.4, 0.5) is 4.39 Å². The Balaban J connectivity index is 2.92. The third kappa shape index (κ3) is 5.29. The quantitative estimate of drug-likeness (QED) is 0.890. The summed E-state index contributed by atoms with van der Waals surface area (Å²) in [5.74, 6) is -0.377. The first-order chi connectivity index (χ1) is 8.99. The summed E-state index contributed by atoms with van der Waals surface area (Å²) in [6.45, 7) is 9.74. The molecule has 0 saturated carbocycles. The average Bonchev–Trinajstić information content (AvgIpc) is 2.23. The summed E-state index contributed by atoms with van der Waals surface area (Å²) in [6.07, 6.45) is 0.251. The normalized spacial score (nSPS) is 13.9. The summed E-state index contributed by atoms with van der Waals surface area (Å²) in [5.41, 5.74) is 6.04. The highest BCUT2D eigenvalue weighted by molar-refractivity contribution is 5.77. The molecule has 4 heteroatoms. The minimum Gasteiger partial charge on any atom is -0.349 e. The molecular weight excluding hydrogens is 255 g/mol. The molecule has 112 valence electrons. The molecule has 0 bridgehead atoms. The fraction of sp³-hybridized carbons (Fsp3) is 0.562. The lowest BCUT2D eigenvalue weighted by molar-refractivity contribution is -0.123. The van der Waals surface area contributed by atoms with E-state index in [-0.39, 0.29) is 29.6 Å². The molecule has 0 fully saturated rings. The van der Waals surface area contributed by atoms with Crippen molar-refractivity contribution >= 4 is 5.91 Å². The molecule has 1 atom stereocenters. The summed E-state index contributed by atoms with van der Waals surface area (Å²) >= 11 is 0. The highest BCUT2D eigenvalue weighted by Crippen LogP contribution is 2.33. The number of hydrogen-bond acceptors (Lipinski definition) is 2. The molecule has 3 nitrogen and oxygen atoms in total. The van der Waals surface area contributed by atoms with E-state index in [0.29, 0.717) is 0 Å². The van der Waals surface area contributed by atoms with Gasteiger partial charge in [-0.3, -0.25) is 4.79 Å². The van der Waals surface area contributed by atoms with E-state index in [1.54, 1.807) is 12.1 Å². The van der Waals surface area contributed by atoms with Gasteiger partial charge >= 0.3 is 0 Å². The smallest absolute Gasteiger partial charge is 0.222 e. The second kappa shape index (κ2) is 5.92. The fourth-order valence-corrected chi connectivity index (χ4v) is 2.08. The standard InChI is InChI=1S/C16H25FN2O/c1-15(2,3)14(11-6-8-12(17)9-7-11)19-13(20)10-16(4,5)18/h6-9,14H,10,18H2,1-5H3,(H,19,20). The first-order valence-corrected chi connectivity index (χ1v) is 6.83. The number of hydrogen-bond donors (Lipinski definition) is 2. The minimum atomic E-state index is -0.546. The van der Waals surface area contributed by atoms with Gasteiger partial charge in [0.15, 0.2) is 0 Å².